The van der Waals surface area contributed by atoms with Crippen LogP contribution in [0.15, 0.2) is 30.7 Å². The van der Waals surface area contributed by atoms with Crippen LogP contribution in [0.1, 0.15) is 22.6 Å². The standard InChI is InChI=1S/C13H16N4O2/c1-19-12-5-4-10(9-17-12)13(18)16-6-2-3-11-14-7-8-15-11/h4-5,7-9H,2-3,6H2,1H3,(H,14,15)(H,16,18). The molecule has 0 aliphatic heterocycles. The molecule has 2 aromatic heterocycles. The predicted molar refractivity (Wildman–Crippen MR) is 70.0 cm³/mol. The van der Waals surface area contributed by atoms with Gasteiger partial charge in [0.05, 0.1) is 12.7 Å². The van der Waals surface area contributed by atoms with Crippen molar-refractivity contribution >= 4 is 5.91 Å². The van der Waals surface area contributed by atoms with E-state index in [-0.39, 0.29) is 5.91 Å². The highest BCUT2D eigenvalue weighted by molar-refractivity contribution is 5.93. The van der Waals surface area contributed by atoms with Gasteiger partial charge < -0.3 is 15.0 Å². The van der Waals surface area contributed by atoms with E-state index in [1.54, 1.807) is 24.5 Å². The fraction of sp³-hybridized carbons (Fsp3) is 0.308. The Hall–Kier alpha value is -2.37. The number of hydrogen-bond donors (Lipinski definition) is 2. The zero-order valence-electron chi connectivity index (χ0n) is 10.7. The maximum absolute atomic E-state index is 11.8. The molecular formula is C13H16N4O2. The van der Waals surface area contributed by atoms with Crippen LogP contribution in [-0.2, 0) is 6.42 Å². The molecule has 0 spiro atoms. The van der Waals surface area contributed by atoms with Gasteiger partial charge in [-0.15, -0.1) is 0 Å². The SMILES string of the molecule is COc1ccc(C(=O)NCCCc2ncc[nH]2)cn1. The zero-order valence-corrected chi connectivity index (χ0v) is 10.7. The van der Waals surface area contributed by atoms with Crippen molar-refractivity contribution in [3.8, 4) is 5.88 Å². The Morgan fingerprint density at radius 1 is 1.42 bits per heavy atom. The second-order valence-electron chi connectivity index (χ2n) is 3.98. The Kier molecular flexibility index (Phi) is 4.49. The number of aromatic amines is 1. The summed E-state index contributed by atoms with van der Waals surface area (Å²) in [6.45, 7) is 0.603. The highest BCUT2D eigenvalue weighted by Gasteiger charge is 2.05. The second-order valence-corrected chi connectivity index (χ2v) is 3.98. The molecule has 2 N–H and O–H groups in total. The maximum Gasteiger partial charge on any atom is 0.252 e. The third-order valence-corrected chi connectivity index (χ3v) is 2.64. The van der Waals surface area contributed by atoms with Gasteiger partial charge in [-0.05, 0) is 12.5 Å². The number of carbonyl (C=O) groups excluding carboxylic acids is 1. The first-order chi connectivity index (χ1) is 9.29. The number of hydrogen-bond acceptors (Lipinski definition) is 4. The van der Waals surface area contributed by atoms with Gasteiger partial charge in [0.1, 0.15) is 5.82 Å². The van der Waals surface area contributed by atoms with Crippen LogP contribution in [0, 0.1) is 0 Å². The van der Waals surface area contributed by atoms with Crippen molar-refractivity contribution in [2.75, 3.05) is 13.7 Å². The number of amides is 1. The Bertz CT molecular complexity index is 508. The van der Waals surface area contributed by atoms with Crippen LogP contribution in [0.4, 0.5) is 0 Å². The van der Waals surface area contributed by atoms with Crippen LogP contribution in [0.2, 0.25) is 0 Å². The van der Waals surface area contributed by atoms with E-state index in [0.29, 0.717) is 18.0 Å². The third kappa shape index (κ3) is 3.80. The lowest BCUT2D eigenvalue weighted by Gasteiger charge is -2.05. The van der Waals surface area contributed by atoms with Crippen molar-refractivity contribution in [1.29, 1.82) is 0 Å². The molecule has 0 unspecified atom stereocenters. The van der Waals surface area contributed by atoms with Crippen LogP contribution in [0.3, 0.4) is 0 Å². The Balaban J connectivity index is 1.74. The summed E-state index contributed by atoms with van der Waals surface area (Å²) in [5, 5.41) is 2.84. The van der Waals surface area contributed by atoms with Crippen LogP contribution in [0.25, 0.3) is 0 Å². The van der Waals surface area contributed by atoms with Gasteiger partial charge in [0.25, 0.3) is 5.91 Å². The topological polar surface area (TPSA) is 79.9 Å². The monoisotopic (exact) mass is 260 g/mol. The number of imidazole rings is 1. The maximum atomic E-state index is 11.8. The molecule has 2 aromatic rings. The Morgan fingerprint density at radius 2 is 2.32 bits per heavy atom. The molecule has 0 saturated heterocycles. The summed E-state index contributed by atoms with van der Waals surface area (Å²) in [7, 11) is 1.54. The van der Waals surface area contributed by atoms with E-state index in [2.05, 4.69) is 20.3 Å². The van der Waals surface area contributed by atoms with E-state index < -0.39 is 0 Å². The Labute approximate surface area is 111 Å². The molecule has 0 atom stereocenters. The molecular weight excluding hydrogens is 244 g/mol. The molecule has 0 aromatic carbocycles. The molecule has 2 rings (SSSR count). The van der Waals surface area contributed by atoms with Gasteiger partial charge in [-0.3, -0.25) is 4.79 Å². The fourth-order valence-corrected chi connectivity index (χ4v) is 1.63. The molecule has 19 heavy (non-hydrogen) atoms. The van der Waals surface area contributed by atoms with Crippen molar-refractivity contribution in [2.24, 2.45) is 0 Å². The van der Waals surface area contributed by atoms with Crippen molar-refractivity contribution in [3.05, 3.63) is 42.1 Å². The molecule has 2 heterocycles. The lowest BCUT2D eigenvalue weighted by atomic mass is 10.2. The summed E-state index contributed by atoms with van der Waals surface area (Å²) in [5.41, 5.74) is 0.527. The van der Waals surface area contributed by atoms with Gasteiger partial charge in [0.15, 0.2) is 0 Å². The normalized spacial score (nSPS) is 10.2. The van der Waals surface area contributed by atoms with E-state index in [1.165, 1.54) is 13.3 Å². The molecule has 6 heteroatoms. The number of aromatic nitrogens is 3. The molecule has 0 aliphatic rings. The van der Waals surface area contributed by atoms with Gasteiger partial charge in [-0.2, -0.15) is 0 Å². The molecule has 0 saturated carbocycles. The average molecular weight is 260 g/mol. The molecule has 1 amide bonds. The summed E-state index contributed by atoms with van der Waals surface area (Å²) in [6, 6.07) is 3.35. The van der Waals surface area contributed by atoms with E-state index in [0.717, 1.165) is 18.7 Å². The number of nitrogens with zero attached hydrogens (tertiary/aromatic N) is 2. The summed E-state index contributed by atoms with van der Waals surface area (Å²) in [5.74, 6) is 1.30. The summed E-state index contributed by atoms with van der Waals surface area (Å²) in [6.07, 6.45) is 6.66. The quantitative estimate of drug-likeness (QED) is 0.764. The van der Waals surface area contributed by atoms with Gasteiger partial charge in [-0.1, -0.05) is 0 Å². The minimum atomic E-state index is -0.130. The molecule has 100 valence electrons. The number of nitrogens with one attached hydrogen (secondary N) is 2. The minimum absolute atomic E-state index is 0.130. The minimum Gasteiger partial charge on any atom is -0.481 e. The number of aryl methyl sites for hydroxylation is 1. The molecule has 0 radical (unpaired) electrons. The zero-order chi connectivity index (χ0) is 13.5. The van der Waals surface area contributed by atoms with Crippen molar-refractivity contribution in [2.45, 2.75) is 12.8 Å². The average Bonchev–Trinajstić information content (AvgIpc) is 2.96. The lowest BCUT2D eigenvalue weighted by Crippen LogP contribution is -2.24. The largest absolute Gasteiger partial charge is 0.481 e. The van der Waals surface area contributed by atoms with E-state index in [9.17, 15) is 4.79 Å². The summed E-state index contributed by atoms with van der Waals surface area (Å²) in [4.78, 5) is 22.9. The lowest BCUT2D eigenvalue weighted by molar-refractivity contribution is 0.0952. The second kappa shape index (κ2) is 6.53. The predicted octanol–water partition coefficient (Wildman–Crippen LogP) is 1.18. The molecule has 0 bridgehead atoms. The smallest absolute Gasteiger partial charge is 0.252 e. The fourth-order valence-electron chi connectivity index (χ4n) is 1.63. The summed E-state index contributed by atoms with van der Waals surface area (Å²) < 4.78 is 4.94. The Morgan fingerprint density at radius 3 is 2.95 bits per heavy atom. The number of pyridine rings is 1. The van der Waals surface area contributed by atoms with E-state index >= 15 is 0 Å². The first-order valence-electron chi connectivity index (χ1n) is 6.06. The third-order valence-electron chi connectivity index (χ3n) is 2.64. The number of carbonyl (C=O) groups is 1. The van der Waals surface area contributed by atoms with Gasteiger partial charge in [0, 0.05) is 37.6 Å². The van der Waals surface area contributed by atoms with Crippen molar-refractivity contribution < 1.29 is 9.53 Å². The first kappa shape index (κ1) is 13.1. The van der Waals surface area contributed by atoms with Crippen LogP contribution >= 0.6 is 0 Å². The number of H-pyrrole nitrogens is 1. The van der Waals surface area contributed by atoms with Crippen molar-refractivity contribution in [3.63, 3.8) is 0 Å². The first-order valence-corrected chi connectivity index (χ1v) is 6.06. The number of rotatable bonds is 6. The van der Waals surface area contributed by atoms with Crippen LogP contribution < -0.4 is 10.1 Å². The van der Waals surface area contributed by atoms with Gasteiger partial charge >= 0.3 is 0 Å². The van der Waals surface area contributed by atoms with E-state index in [4.69, 9.17) is 4.74 Å². The van der Waals surface area contributed by atoms with Crippen LogP contribution in [0.5, 0.6) is 5.88 Å². The highest BCUT2D eigenvalue weighted by Crippen LogP contribution is 2.06. The highest BCUT2D eigenvalue weighted by atomic mass is 16.5. The molecule has 0 fully saturated rings. The number of methoxy groups -OCH3 is 1. The van der Waals surface area contributed by atoms with Gasteiger partial charge in [0.2, 0.25) is 5.88 Å². The van der Waals surface area contributed by atoms with Crippen molar-refractivity contribution in [1.82, 2.24) is 20.3 Å². The van der Waals surface area contributed by atoms with Gasteiger partial charge in [-0.25, -0.2) is 9.97 Å². The van der Waals surface area contributed by atoms with Crippen LogP contribution in [-0.4, -0.2) is 34.5 Å². The van der Waals surface area contributed by atoms with E-state index in [1.807, 2.05) is 0 Å². The molecule has 0 aliphatic carbocycles. The number of ether oxygens (including phenoxy) is 1. The summed E-state index contributed by atoms with van der Waals surface area (Å²) >= 11 is 0. The molecule has 6 nitrogen and oxygen atoms in total.